The summed E-state index contributed by atoms with van der Waals surface area (Å²) in [6.45, 7) is 0.624. The lowest BCUT2D eigenvalue weighted by atomic mass is 9.81. The van der Waals surface area contributed by atoms with Crippen molar-refractivity contribution in [3.8, 4) is 0 Å². The molecule has 1 heterocycles. The molecule has 0 N–H and O–H groups in total. The van der Waals surface area contributed by atoms with Crippen LogP contribution in [-0.2, 0) is 10.2 Å². The number of carbonyl (C=O) groups excluding carboxylic acids is 2. The Morgan fingerprint density at radius 3 is 2.95 bits per heavy atom. The molecule has 2 fully saturated rings. The fourth-order valence-corrected chi connectivity index (χ4v) is 4.52. The molecule has 0 bridgehead atoms. The van der Waals surface area contributed by atoms with Crippen LogP contribution in [0.2, 0.25) is 0 Å². The summed E-state index contributed by atoms with van der Waals surface area (Å²) in [5.74, 6) is 0.334. The molecular weight excluding hydrogens is 322 g/mol. The van der Waals surface area contributed by atoms with Gasteiger partial charge in [0, 0.05) is 17.5 Å². The Hall–Kier alpha value is -1.62. The highest BCUT2D eigenvalue weighted by atomic mass is 79.9. The molecule has 1 saturated heterocycles. The van der Waals surface area contributed by atoms with Crippen LogP contribution in [0.1, 0.15) is 22.3 Å². The van der Waals surface area contributed by atoms with Crippen LogP contribution in [0.5, 0.6) is 0 Å². The van der Waals surface area contributed by atoms with E-state index < -0.39 is 6.09 Å². The van der Waals surface area contributed by atoms with Crippen LogP contribution >= 0.6 is 15.9 Å². The summed E-state index contributed by atoms with van der Waals surface area (Å²) in [5.41, 5.74) is 2.42. The molecule has 1 aromatic rings. The maximum atomic E-state index is 12.5. The van der Waals surface area contributed by atoms with Gasteiger partial charge in [-0.3, -0.25) is 9.69 Å². The molecular formula is C15H12BrNO3. The van der Waals surface area contributed by atoms with E-state index in [4.69, 9.17) is 4.74 Å². The summed E-state index contributed by atoms with van der Waals surface area (Å²) >= 11 is 3.41. The van der Waals surface area contributed by atoms with E-state index in [2.05, 4.69) is 15.9 Å². The van der Waals surface area contributed by atoms with Gasteiger partial charge in [-0.2, -0.15) is 0 Å². The highest BCUT2D eigenvalue weighted by molar-refractivity contribution is 9.12. The zero-order valence-corrected chi connectivity index (χ0v) is 12.4. The molecule has 1 spiro atoms. The lowest BCUT2D eigenvalue weighted by Crippen LogP contribution is -2.34. The van der Waals surface area contributed by atoms with E-state index in [1.54, 1.807) is 4.90 Å². The Balaban J connectivity index is 1.95. The van der Waals surface area contributed by atoms with Crippen LogP contribution in [0.4, 0.5) is 4.79 Å². The van der Waals surface area contributed by atoms with Crippen LogP contribution in [0.25, 0.3) is 0 Å². The second-order valence-corrected chi connectivity index (χ2v) is 6.28. The Morgan fingerprint density at radius 2 is 2.20 bits per heavy atom. The van der Waals surface area contributed by atoms with E-state index in [0.29, 0.717) is 16.9 Å². The minimum atomic E-state index is -0.393. The summed E-state index contributed by atoms with van der Waals surface area (Å²) in [6.07, 6.45) is 0.602. The predicted molar refractivity (Wildman–Crippen MR) is 75.6 cm³/mol. The smallest absolute Gasteiger partial charge is 0.413 e. The van der Waals surface area contributed by atoms with Gasteiger partial charge in [-0.05, 0) is 33.8 Å². The number of hydrogen-bond acceptors (Lipinski definition) is 3. The van der Waals surface area contributed by atoms with Gasteiger partial charge in [-0.15, -0.1) is 0 Å². The average Bonchev–Trinajstić information content (AvgIpc) is 3.09. The Morgan fingerprint density at radius 1 is 1.45 bits per heavy atom. The largest absolute Gasteiger partial charge is 0.452 e. The van der Waals surface area contributed by atoms with Gasteiger partial charge in [0.25, 0.3) is 0 Å². The average molecular weight is 334 g/mol. The third-order valence-corrected chi connectivity index (χ3v) is 5.39. The number of piperidine rings is 1. The first kappa shape index (κ1) is 12.1. The molecule has 1 amide bonds. The monoisotopic (exact) mass is 333 g/mol. The zero-order valence-electron chi connectivity index (χ0n) is 10.9. The number of amides is 1. The Labute approximate surface area is 124 Å². The molecule has 2 unspecified atom stereocenters. The summed E-state index contributed by atoms with van der Waals surface area (Å²) < 4.78 is 5.34. The summed E-state index contributed by atoms with van der Waals surface area (Å²) in [4.78, 5) is 26.0. The number of ketones is 1. The molecule has 2 aliphatic carbocycles. The minimum absolute atomic E-state index is 0.0531. The number of ether oxygens (including phenoxy) is 1. The molecule has 1 saturated carbocycles. The first-order valence-corrected chi connectivity index (χ1v) is 7.30. The van der Waals surface area contributed by atoms with E-state index in [-0.39, 0.29) is 11.2 Å². The van der Waals surface area contributed by atoms with Crippen molar-refractivity contribution in [3.05, 3.63) is 45.6 Å². The minimum Gasteiger partial charge on any atom is -0.452 e. The number of benzene rings is 1. The van der Waals surface area contributed by atoms with Gasteiger partial charge in [0.05, 0.1) is 17.3 Å². The van der Waals surface area contributed by atoms with Crippen LogP contribution in [0.15, 0.2) is 34.4 Å². The first-order chi connectivity index (χ1) is 9.61. The first-order valence-electron chi connectivity index (χ1n) is 6.51. The van der Waals surface area contributed by atoms with Crippen molar-refractivity contribution >= 4 is 27.8 Å². The highest BCUT2D eigenvalue weighted by Gasteiger charge is 2.68. The van der Waals surface area contributed by atoms with E-state index in [0.717, 1.165) is 23.2 Å². The fraction of sp³-hybridized carbons (Fsp3) is 0.333. The number of fused-ring (bicyclic) bond motifs is 1. The zero-order chi connectivity index (χ0) is 14.1. The van der Waals surface area contributed by atoms with Gasteiger partial charge in [0.15, 0.2) is 0 Å². The number of rotatable bonds is 0. The van der Waals surface area contributed by atoms with Crippen molar-refractivity contribution in [1.29, 1.82) is 0 Å². The topological polar surface area (TPSA) is 46.6 Å². The van der Waals surface area contributed by atoms with Gasteiger partial charge >= 0.3 is 6.09 Å². The van der Waals surface area contributed by atoms with E-state index in [9.17, 15) is 9.59 Å². The number of Topliss-reactive ketones (excluding diaryl/α,β-unsaturated/α-hetero) is 1. The number of hydrogen-bond donors (Lipinski definition) is 0. The molecule has 1 aromatic carbocycles. The number of allylic oxidation sites excluding steroid dienone is 2. The molecule has 1 aliphatic heterocycles. The van der Waals surface area contributed by atoms with Crippen molar-refractivity contribution in [2.75, 3.05) is 13.7 Å². The van der Waals surface area contributed by atoms with Crippen molar-refractivity contribution in [2.45, 2.75) is 11.8 Å². The van der Waals surface area contributed by atoms with Crippen molar-refractivity contribution in [3.63, 3.8) is 0 Å². The van der Waals surface area contributed by atoms with Crippen LogP contribution in [0, 0.1) is 5.92 Å². The van der Waals surface area contributed by atoms with Gasteiger partial charge in [0.2, 0.25) is 5.78 Å². The van der Waals surface area contributed by atoms with Crippen LogP contribution in [-0.4, -0.2) is 30.4 Å². The molecule has 2 atom stereocenters. The molecule has 0 radical (unpaired) electrons. The maximum absolute atomic E-state index is 12.5. The van der Waals surface area contributed by atoms with E-state index in [1.807, 2.05) is 24.3 Å². The van der Waals surface area contributed by atoms with Gasteiger partial charge in [-0.1, -0.05) is 24.3 Å². The SMILES string of the molecule is COC(=O)N1CC2CC23C1=C(Br)C(=O)c1ccccc13. The predicted octanol–water partition coefficient (Wildman–Crippen LogP) is 2.83. The highest BCUT2D eigenvalue weighted by Crippen LogP contribution is 2.68. The number of methoxy groups -OCH3 is 1. The third kappa shape index (κ3) is 1.22. The molecule has 20 heavy (non-hydrogen) atoms. The van der Waals surface area contributed by atoms with Gasteiger partial charge in [0.1, 0.15) is 0 Å². The Bertz CT molecular complexity index is 696. The molecule has 3 aliphatic rings. The number of carbonyl (C=O) groups is 2. The second-order valence-electron chi connectivity index (χ2n) is 5.49. The maximum Gasteiger partial charge on any atom is 0.413 e. The summed E-state index contributed by atoms with van der Waals surface area (Å²) in [5, 5.41) is 0. The normalized spacial score (nSPS) is 29.8. The van der Waals surface area contributed by atoms with E-state index >= 15 is 0 Å². The standard InChI is InChI=1S/C15H12BrNO3/c1-20-14(19)17-7-8-6-15(8)10-5-3-2-4-9(10)12(18)11(16)13(15)17/h2-5,8H,6-7H2,1H3. The third-order valence-electron chi connectivity index (χ3n) is 4.66. The fourth-order valence-electron chi connectivity index (χ4n) is 3.74. The summed E-state index contributed by atoms with van der Waals surface area (Å²) in [6, 6.07) is 7.70. The van der Waals surface area contributed by atoms with E-state index in [1.165, 1.54) is 7.11 Å². The lowest BCUT2D eigenvalue weighted by Gasteiger charge is -2.30. The quantitative estimate of drug-likeness (QED) is 0.733. The van der Waals surface area contributed by atoms with Gasteiger partial charge < -0.3 is 4.74 Å². The molecule has 5 heteroatoms. The van der Waals surface area contributed by atoms with Crippen molar-refractivity contribution in [1.82, 2.24) is 4.90 Å². The van der Waals surface area contributed by atoms with Crippen LogP contribution in [0.3, 0.4) is 0 Å². The molecule has 102 valence electrons. The van der Waals surface area contributed by atoms with Crippen LogP contribution < -0.4 is 0 Å². The molecule has 0 aromatic heterocycles. The Kier molecular flexibility index (Phi) is 2.26. The van der Waals surface area contributed by atoms with Gasteiger partial charge in [-0.25, -0.2) is 4.79 Å². The number of halogens is 1. The number of likely N-dealkylation sites (tertiary alicyclic amines) is 1. The molecule has 4 rings (SSSR count). The van der Waals surface area contributed by atoms with Crippen molar-refractivity contribution < 1.29 is 14.3 Å². The lowest BCUT2D eigenvalue weighted by molar-refractivity contribution is 0.103. The second kappa shape index (κ2) is 3.73. The number of nitrogens with zero attached hydrogens (tertiary/aromatic N) is 1. The summed E-state index contributed by atoms with van der Waals surface area (Å²) in [7, 11) is 1.37. The molecule has 4 nitrogen and oxygen atoms in total. The van der Waals surface area contributed by atoms with Crippen molar-refractivity contribution in [2.24, 2.45) is 5.92 Å².